The molecule has 4 heterocycles. The lowest BCUT2D eigenvalue weighted by molar-refractivity contribution is -0.119. The second kappa shape index (κ2) is 10.7. The van der Waals surface area contributed by atoms with Crippen LogP contribution in [-0.4, -0.2) is 65.4 Å². The van der Waals surface area contributed by atoms with E-state index in [1.54, 1.807) is 11.8 Å². The van der Waals surface area contributed by atoms with Gasteiger partial charge in [0, 0.05) is 54.9 Å². The number of hydrogen-bond donors (Lipinski definition) is 0. The fourth-order valence-electron chi connectivity index (χ4n) is 5.66. The van der Waals surface area contributed by atoms with Crippen LogP contribution >= 0.6 is 0 Å². The number of carbonyl (C=O) groups is 2. The van der Waals surface area contributed by atoms with Gasteiger partial charge in [-0.25, -0.2) is 4.68 Å². The highest BCUT2D eigenvalue weighted by atomic mass is 16.5. The highest BCUT2D eigenvalue weighted by Crippen LogP contribution is 2.33. The zero-order chi connectivity index (χ0) is 27.8. The fraction of sp³-hybridized carbons (Fsp3) is 0.323. The Morgan fingerprint density at radius 2 is 1.55 bits per heavy atom. The highest BCUT2D eigenvalue weighted by molar-refractivity contribution is 6.08. The summed E-state index contributed by atoms with van der Waals surface area (Å²) >= 11 is 0. The third-order valence-electron chi connectivity index (χ3n) is 7.65. The maximum absolute atomic E-state index is 14.2. The van der Waals surface area contributed by atoms with Crippen LogP contribution in [-0.2, 0) is 17.8 Å². The molecule has 0 unspecified atom stereocenters. The molecule has 0 N–H and O–H groups in total. The molecule has 9 nitrogen and oxygen atoms in total. The average Bonchev–Trinajstić information content (AvgIpc) is 3.58. The van der Waals surface area contributed by atoms with Gasteiger partial charge in [-0.2, -0.15) is 0 Å². The Kier molecular flexibility index (Phi) is 6.89. The van der Waals surface area contributed by atoms with E-state index in [-0.39, 0.29) is 11.8 Å². The molecule has 0 spiro atoms. The van der Waals surface area contributed by atoms with Crippen molar-refractivity contribution in [2.24, 2.45) is 0 Å². The molecule has 1 saturated heterocycles. The summed E-state index contributed by atoms with van der Waals surface area (Å²) < 4.78 is 9.20. The quantitative estimate of drug-likeness (QED) is 0.348. The molecule has 2 aromatic carbocycles. The molecule has 2 aromatic heterocycles. The summed E-state index contributed by atoms with van der Waals surface area (Å²) in [7, 11) is 5.71. The highest BCUT2D eigenvalue weighted by Gasteiger charge is 2.34. The van der Waals surface area contributed by atoms with E-state index in [1.807, 2.05) is 84.7 Å². The fourth-order valence-corrected chi connectivity index (χ4v) is 5.66. The lowest BCUT2D eigenvalue weighted by atomic mass is 10.0. The molecular formula is C31H34N6O3. The van der Waals surface area contributed by atoms with Gasteiger partial charge in [0.2, 0.25) is 5.91 Å². The van der Waals surface area contributed by atoms with Gasteiger partial charge in [0.05, 0.1) is 12.8 Å². The van der Waals surface area contributed by atoms with E-state index >= 15 is 0 Å². The first-order valence-corrected chi connectivity index (χ1v) is 13.7. The molecule has 0 aliphatic carbocycles. The largest absolute Gasteiger partial charge is 0.497 e. The number of hydrogen-bond acceptors (Lipinski definition) is 5. The van der Waals surface area contributed by atoms with Gasteiger partial charge < -0.3 is 24.0 Å². The Labute approximate surface area is 234 Å². The summed E-state index contributed by atoms with van der Waals surface area (Å²) in [6.45, 7) is 2.03. The predicted molar refractivity (Wildman–Crippen MR) is 155 cm³/mol. The number of amides is 2. The number of ether oxygens (including phenoxy) is 1. The zero-order valence-corrected chi connectivity index (χ0v) is 23.2. The first-order valence-electron chi connectivity index (χ1n) is 13.7. The average molecular weight is 539 g/mol. The molecule has 0 bridgehead atoms. The summed E-state index contributed by atoms with van der Waals surface area (Å²) in [4.78, 5) is 32.4. The molecule has 6 rings (SSSR count). The molecule has 0 radical (unpaired) electrons. The Bertz CT molecular complexity index is 1530. The maximum atomic E-state index is 14.2. The van der Waals surface area contributed by atoms with Crippen LogP contribution in [0.4, 0.5) is 11.4 Å². The molecule has 0 saturated carbocycles. The first kappa shape index (κ1) is 25.9. The minimum atomic E-state index is -0.0982. The van der Waals surface area contributed by atoms with Crippen molar-refractivity contribution >= 4 is 23.2 Å². The SMILES string of the molecule is COc1ccc(-n2nc(-n3cccc3CN(C)C)c3c2C(=O)N(c2ccc(N4CCCCC4=O)cc2)CC3)cc1. The second-order valence-corrected chi connectivity index (χ2v) is 10.6. The van der Waals surface area contributed by atoms with Crippen LogP contribution in [0, 0.1) is 0 Å². The number of benzene rings is 2. The summed E-state index contributed by atoms with van der Waals surface area (Å²) in [6, 6.07) is 19.5. The van der Waals surface area contributed by atoms with Gasteiger partial charge in [0.1, 0.15) is 11.4 Å². The van der Waals surface area contributed by atoms with E-state index in [9.17, 15) is 9.59 Å². The van der Waals surface area contributed by atoms with E-state index in [1.165, 1.54) is 0 Å². The van der Waals surface area contributed by atoms with Crippen LogP contribution < -0.4 is 14.5 Å². The lowest BCUT2D eigenvalue weighted by Gasteiger charge is -2.30. The van der Waals surface area contributed by atoms with Crippen LogP contribution in [0.15, 0.2) is 66.9 Å². The van der Waals surface area contributed by atoms with Gasteiger partial charge >= 0.3 is 0 Å². The number of piperidine rings is 1. The summed E-state index contributed by atoms with van der Waals surface area (Å²) in [5.41, 5.74) is 5.08. The van der Waals surface area contributed by atoms with Gasteiger partial charge in [-0.1, -0.05) is 0 Å². The minimum Gasteiger partial charge on any atom is -0.497 e. The van der Waals surface area contributed by atoms with Gasteiger partial charge in [-0.15, -0.1) is 5.10 Å². The van der Waals surface area contributed by atoms with Crippen LogP contribution in [0.25, 0.3) is 11.5 Å². The van der Waals surface area contributed by atoms with E-state index < -0.39 is 0 Å². The van der Waals surface area contributed by atoms with Crippen molar-refractivity contribution in [2.45, 2.75) is 32.2 Å². The molecule has 40 heavy (non-hydrogen) atoms. The Morgan fingerprint density at radius 1 is 0.850 bits per heavy atom. The molecule has 4 aromatic rings. The van der Waals surface area contributed by atoms with Crippen LogP contribution in [0.1, 0.15) is 41.0 Å². The van der Waals surface area contributed by atoms with E-state index in [4.69, 9.17) is 9.84 Å². The van der Waals surface area contributed by atoms with Crippen molar-refractivity contribution < 1.29 is 14.3 Å². The predicted octanol–water partition coefficient (Wildman–Crippen LogP) is 4.45. The third kappa shape index (κ3) is 4.66. The molecule has 206 valence electrons. The Hall–Kier alpha value is -4.37. The molecular weight excluding hydrogens is 504 g/mol. The number of rotatable bonds is 7. The van der Waals surface area contributed by atoms with Crippen molar-refractivity contribution in [2.75, 3.05) is 44.1 Å². The van der Waals surface area contributed by atoms with Crippen molar-refractivity contribution in [3.8, 4) is 17.3 Å². The number of aromatic nitrogens is 3. The zero-order valence-electron chi connectivity index (χ0n) is 23.2. The Morgan fingerprint density at radius 3 is 2.23 bits per heavy atom. The molecule has 1 fully saturated rings. The number of methoxy groups -OCH3 is 1. The summed E-state index contributed by atoms with van der Waals surface area (Å²) in [5, 5.41) is 5.02. The number of anilines is 2. The van der Waals surface area contributed by atoms with Gasteiger partial charge in [0.15, 0.2) is 5.82 Å². The summed E-state index contributed by atoms with van der Waals surface area (Å²) in [5.74, 6) is 1.58. The van der Waals surface area contributed by atoms with Gasteiger partial charge in [-0.3, -0.25) is 9.59 Å². The van der Waals surface area contributed by atoms with Gasteiger partial charge in [-0.05, 0) is 94.0 Å². The topological polar surface area (TPSA) is 75.8 Å². The van der Waals surface area contributed by atoms with Crippen molar-refractivity contribution in [1.29, 1.82) is 0 Å². The molecule has 0 atom stereocenters. The number of carbonyl (C=O) groups excluding carboxylic acids is 2. The molecule has 2 aliphatic heterocycles. The number of nitrogens with zero attached hydrogens (tertiary/aromatic N) is 6. The first-order chi connectivity index (χ1) is 19.4. The van der Waals surface area contributed by atoms with Crippen LogP contribution in [0.3, 0.4) is 0 Å². The van der Waals surface area contributed by atoms with Gasteiger partial charge in [0.25, 0.3) is 5.91 Å². The van der Waals surface area contributed by atoms with Crippen molar-refractivity contribution in [1.82, 2.24) is 19.2 Å². The van der Waals surface area contributed by atoms with E-state index in [2.05, 4.69) is 15.5 Å². The monoisotopic (exact) mass is 538 g/mol. The third-order valence-corrected chi connectivity index (χ3v) is 7.65. The molecule has 2 aliphatic rings. The molecule has 2 amide bonds. The van der Waals surface area contributed by atoms with E-state index in [0.717, 1.165) is 65.8 Å². The minimum absolute atomic E-state index is 0.0982. The lowest BCUT2D eigenvalue weighted by Crippen LogP contribution is -2.39. The van der Waals surface area contributed by atoms with Crippen LogP contribution in [0.2, 0.25) is 0 Å². The van der Waals surface area contributed by atoms with Crippen molar-refractivity contribution in [3.63, 3.8) is 0 Å². The second-order valence-electron chi connectivity index (χ2n) is 10.6. The maximum Gasteiger partial charge on any atom is 0.277 e. The molecule has 9 heteroatoms. The standard InChI is InChI=1S/C31H34N6O3/c1-33(2)21-25-7-6-19-35(25)30-27-17-20-36(23-11-9-22(10-12-23)34-18-5-4-8-28(34)38)31(39)29(27)37(32-30)24-13-15-26(40-3)16-14-24/h6-7,9-16,19H,4-5,8,17-18,20-21H2,1-3H3. The van der Waals surface area contributed by atoms with Crippen molar-refractivity contribution in [3.05, 3.63) is 83.8 Å². The normalized spacial score (nSPS) is 15.6. The smallest absolute Gasteiger partial charge is 0.277 e. The Balaban J connectivity index is 1.39. The summed E-state index contributed by atoms with van der Waals surface area (Å²) in [6.07, 6.45) is 5.22. The number of fused-ring (bicyclic) bond motifs is 1. The van der Waals surface area contributed by atoms with Crippen LogP contribution in [0.5, 0.6) is 5.75 Å². The van der Waals surface area contributed by atoms with E-state index in [0.29, 0.717) is 25.1 Å².